The first-order chi connectivity index (χ1) is 12.2. The third kappa shape index (κ3) is 3.92. The molecule has 8 heteroatoms. The molecule has 0 aliphatic heterocycles. The zero-order valence-electron chi connectivity index (χ0n) is 13.4. The van der Waals surface area contributed by atoms with E-state index in [0.717, 1.165) is 0 Å². The monoisotopic (exact) mass is 341 g/mol. The van der Waals surface area contributed by atoms with E-state index in [4.69, 9.17) is 13.7 Å². The van der Waals surface area contributed by atoms with Crippen LogP contribution in [0.15, 0.2) is 51.6 Å². The molecule has 0 atom stereocenters. The highest BCUT2D eigenvalue weighted by atomic mass is 16.5. The predicted molar refractivity (Wildman–Crippen MR) is 86.7 cm³/mol. The lowest BCUT2D eigenvalue weighted by Crippen LogP contribution is -2.15. The minimum Gasteiger partial charge on any atom is -0.465 e. The fraction of sp³-hybridized carbons (Fsp3) is 0.176. The molecule has 0 spiro atoms. The summed E-state index contributed by atoms with van der Waals surface area (Å²) in [6.07, 6.45) is 1.90. The number of para-hydroxylation sites is 1. The first-order valence-corrected chi connectivity index (χ1v) is 7.51. The number of esters is 1. The van der Waals surface area contributed by atoms with Gasteiger partial charge in [-0.15, -0.1) is 0 Å². The third-order valence-electron chi connectivity index (χ3n) is 3.38. The number of aromatic nitrogens is 2. The van der Waals surface area contributed by atoms with Gasteiger partial charge < -0.3 is 19.0 Å². The van der Waals surface area contributed by atoms with Crippen LogP contribution in [0.5, 0.6) is 0 Å². The number of aryl methyl sites for hydroxylation is 1. The van der Waals surface area contributed by atoms with Crippen LogP contribution in [0.1, 0.15) is 22.7 Å². The Labute approximate surface area is 142 Å². The smallest absolute Gasteiger partial charge is 0.339 e. The molecule has 25 heavy (non-hydrogen) atoms. The lowest BCUT2D eigenvalue weighted by molar-refractivity contribution is -0.116. The first-order valence-electron chi connectivity index (χ1n) is 7.51. The lowest BCUT2D eigenvalue weighted by atomic mass is 10.1. The average molecular weight is 341 g/mol. The number of methoxy groups -OCH3 is 1. The fourth-order valence-corrected chi connectivity index (χ4v) is 2.18. The summed E-state index contributed by atoms with van der Waals surface area (Å²) in [5.41, 5.74) is 0.678. The summed E-state index contributed by atoms with van der Waals surface area (Å²) in [5, 5.41) is 6.48. The Balaban J connectivity index is 1.60. The van der Waals surface area contributed by atoms with Crippen LogP contribution in [0.3, 0.4) is 0 Å². The molecule has 1 aromatic carbocycles. The van der Waals surface area contributed by atoms with Crippen LogP contribution in [0.4, 0.5) is 5.69 Å². The van der Waals surface area contributed by atoms with Gasteiger partial charge in [0.05, 0.1) is 24.6 Å². The minimum absolute atomic E-state index is 0.120. The topological polar surface area (TPSA) is 107 Å². The van der Waals surface area contributed by atoms with E-state index in [1.54, 1.807) is 36.4 Å². The quantitative estimate of drug-likeness (QED) is 0.687. The number of nitrogens with one attached hydrogen (secondary N) is 1. The number of nitrogens with zero attached hydrogens (tertiary/aromatic N) is 2. The van der Waals surface area contributed by atoms with Crippen LogP contribution >= 0.6 is 0 Å². The van der Waals surface area contributed by atoms with Crippen molar-refractivity contribution >= 4 is 17.6 Å². The molecule has 0 aliphatic rings. The summed E-state index contributed by atoms with van der Waals surface area (Å²) in [4.78, 5) is 28.0. The SMILES string of the molecule is COC(=O)c1ccccc1NC(=O)CCc1nc(-c2ccco2)no1. The Morgan fingerprint density at radius 2 is 2.04 bits per heavy atom. The van der Waals surface area contributed by atoms with E-state index in [1.807, 2.05) is 0 Å². The van der Waals surface area contributed by atoms with Crippen LogP contribution in [-0.4, -0.2) is 29.1 Å². The lowest BCUT2D eigenvalue weighted by Gasteiger charge is -2.08. The fourth-order valence-electron chi connectivity index (χ4n) is 2.18. The van der Waals surface area contributed by atoms with E-state index in [-0.39, 0.29) is 24.3 Å². The number of hydrogen-bond acceptors (Lipinski definition) is 7. The number of amides is 1. The van der Waals surface area contributed by atoms with Gasteiger partial charge in [-0.1, -0.05) is 17.3 Å². The van der Waals surface area contributed by atoms with E-state index in [1.165, 1.54) is 13.4 Å². The summed E-state index contributed by atoms with van der Waals surface area (Å²) in [7, 11) is 1.28. The Morgan fingerprint density at radius 3 is 2.80 bits per heavy atom. The molecule has 3 aromatic rings. The number of benzene rings is 1. The molecule has 0 saturated heterocycles. The summed E-state index contributed by atoms with van der Waals surface area (Å²) in [5.74, 6) is 0.343. The highest BCUT2D eigenvalue weighted by Gasteiger charge is 2.15. The van der Waals surface area contributed by atoms with Gasteiger partial charge in [0, 0.05) is 12.8 Å². The molecule has 0 radical (unpaired) electrons. The maximum atomic E-state index is 12.1. The third-order valence-corrected chi connectivity index (χ3v) is 3.38. The molecule has 1 N–H and O–H groups in total. The molecule has 0 aliphatic carbocycles. The van der Waals surface area contributed by atoms with Gasteiger partial charge in [-0.05, 0) is 24.3 Å². The molecular weight excluding hydrogens is 326 g/mol. The van der Waals surface area contributed by atoms with Crippen molar-refractivity contribution in [2.45, 2.75) is 12.8 Å². The first kappa shape index (κ1) is 16.4. The van der Waals surface area contributed by atoms with E-state index in [0.29, 0.717) is 23.2 Å². The summed E-state index contributed by atoms with van der Waals surface area (Å²) in [6, 6.07) is 10.1. The van der Waals surface area contributed by atoms with E-state index >= 15 is 0 Å². The van der Waals surface area contributed by atoms with Crippen LogP contribution in [0.2, 0.25) is 0 Å². The van der Waals surface area contributed by atoms with Crippen molar-refractivity contribution in [3.8, 4) is 11.6 Å². The van der Waals surface area contributed by atoms with Crippen LogP contribution in [0, 0.1) is 0 Å². The van der Waals surface area contributed by atoms with Crippen LogP contribution in [-0.2, 0) is 16.0 Å². The van der Waals surface area contributed by atoms with E-state index in [9.17, 15) is 9.59 Å². The van der Waals surface area contributed by atoms with Crippen molar-refractivity contribution in [3.63, 3.8) is 0 Å². The van der Waals surface area contributed by atoms with Gasteiger partial charge in [0.15, 0.2) is 5.76 Å². The van der Waals surface area contributed by atoms with Gasteiger partial charge >= 0.3 is 5.97 Å². The Kier molecular flexibility index (Phi) is 4.89. The molecule has 2 heterocycles. The second kappa shape index (κ2) is 7.43. The number of anilines is 1. The number of rotatable bonds is 6. The van der Waals surface area contributed by atoms with Crippen LogP contribution in [0.25, 0.3) is 11.6 Å². The van der Waals surface area contributed by atoms with Gasteiger partial charge in [0.1, 0.15) is 0 Å². The van der Waals surface area contributed by atoms with E-state index in [2.05, 4.69) is 15.5 Å². The molecule has 8 nitrogen and oxygen atoms in total. The average Bonchev–Trinajstić information content (AvgIpc) is 3.31. The van der Waals surface area contributed by atoms with Gasteiger partial charge in [0.25, 0.3) is 0 Å². The van der Waals surface area contributed by atoms with Gasteiger partial charge in [-0.2, -0.15) is 4.98 Å². The maximum absolute atomic E-state index is 12.1. The summed E-state index contributed by atoms with van der Waals surface area (Å²) >= 11 is 0. The predicted octanol–water partition coefficient (Wildman–Crippen LogP) is 2.69. The molecule has 3 rings (SSSR count). The second-order valence-corrected chi connectivity index (χ2v) is 5.07. The maximum Gasteiger partial charge on any atom is 0.339 e. The van der Waals surface area contributed by atoms with Crippen molar-refractivity contribution < 1.29 is 23.3 Å². The number of ether oxygens (including phenoxy) is 1. The van der Waals surface area contributed by atoms with Crippen molar-refractivity contribution in [1.82, 2.24) is 10.1 Å². The normalized spacial score (nSPS) is 10.4. The second-order valence-electron chi connectivity index (χ2n) is 5.07. The molecule has 1 amide bonds. The number of hydrogen-bond donors (Lipinski definition) is 1. The molecule has 0 saturated carbocycles. The highest BCUT2D eigenvalue weighted by Crippen LogP contribution is 2.18. The summed E-state index contributed by atoms with van der Waals surface area (Å²) in [6.45, 7) is 0. The Morgan fingerprint density at radius 1 is 1.20 bits per heavy atom. The minimum atomic E-state index is -0.518. The van der Waals surface area contributed by atoms with E-state index < -0.39 is 5.97 Å². The van der Waals surface area contributed by atoms with Crippen molar-refractivity contribution in [1.29, 1.82) is 0 Å². The number of carbonyl (C=O) groups excluding carboxylic acids is 2. The molecule has 0 bridgehead atoms. The standard InChI is InChI=1S/C17H15N3O5/c1-23-17(22)11-5-2-3-6-12(11)18-14(21)8-9-15-19-16(20-25-15)13-7-4-10-24-13/h2-7,10H,8-9H2,1H3,(H,18,21). The highest BCUT2D eigenvalue weighted by molar-refractivity contribution is 6.01. The zero-order valence-corrected chi connectivity index (χ0v) is 13.4. The van der Waals surface area contributed by atoms with Crippen molar-refractivity contribution in [2.75, 3.05) is 12.4 Å². The van der Waals surface area contributed by atoms with Crippen molar-refractivity contribution in [3.05, 3.63) is 54.1 Å². The molecule has 2 aromatic heterocycles. The largest absolute Gasteiger partial charge is 0.465 e. The van der Waals surface area contributed by atoms with Crippen molar-refractivity contribution in [2.24, 2.45) is 0 Å². The molecular formula is C17H15N3O5. The molecule has 128 valence electrons. The van der Waals surface area contributed by atoms with Gasteiger partial charge in [-0.3, -0.25) is 4.79 Å². The Hall–Kier alpha value is -3.42. The van der Waals surface area contributed by atoms with Gasteiger partial charge in [0.2, 0.25) is 17.6 Å². The number of carbonyl (C=O) groups is 2. The molecule has 0 fully saturated rings. The Bertz CT molecular complexity index is 870. The van der Waals surface area contributed by atoms with Crippen LogP contribution < -0.4 is 5.32 Å². The van der Waals surface area contributed by atoms with Gasteiger partial charge in [-0.25, -0.2) is 4.79 Å². The summed E-state index contributed by atoms with van der Waals surface area (Å²) < 4.78 is 15.0. The molecule has 0 unspecified atom stereocenters. The number of furan rings is 1. The zero-order chi connectivity index (χ0) is 17.6.